The van der Waals surface area contributed by atoms with Gasteiger partial charge in [-0.05, 0) is 51.6 Å². The lowest BCUT2D eigenvalue weighted by atomic mass is 10.0. The standard InChI is InChI=1S/C26H33N3O3/c1-6-8-13-20(7-2)32-18-23-24(21-14-9-10-15-22(21)29(23)5)25(30)26(31)28(4)19-12-11-16-27(3)17-19/h6-10,13-15,19H,1,11-12,16-18H2,2-5H3/b13-8-,20-7+. The number of aromatic nitrogens is 1. The fourth-order valence-corrected chi connectivity index (χ4v) is 4.30. The molecule has 2 heterocycles. The van der Waals surface area contributed by atoms with Crippen LogP contribution in [0.25, 0.3) is 10.9 Å². The van der Waals surface area contributed by atoms with Crippen molar-refractivity contribution in [2.45, 2.75) is 32.4 Å². The largest absolute Gasteiger partial charge is 0.488 e. The molecule has 1 aromatic carbocycles. The van der Waals surface area contributed by atoms with E-state index in [1.54, 1.807) is 24.1 Å². The second kappa shape index (κ2) is 10.5. The number of nitrogens with zero attached hydrogens (tertiary/aromatic N) is 3. The number of likely N-dealkylation sites (tertiary alicyclic amines) is 1. The van der Waals surface area contributed by atoms with Crippen molar-refractivity contribution in [1.82, 2.24) is 14.4 Å². The molecular formula is C26H33N3O3. The van der Waals surface area contributed by atoms with Gasteiger partial charge in [0.2, 0.25) is 0 Å². The molecule has 1 aliphatic heterocycles. The van der Waals surface area contributed by atoms with Crippen LogP contribution in [0, 0.1) is 0 Å². The van der Waals surface area contributed by atoms with Crippen molar-refractivity contribution >= 4 is 22.6 Å². The van der Waals surface area contributed by atoms with Crippen molar-refractivity contribution in [3.63, 3.8) is 0 Å². The van der Waals surface area contributed by atoms with Crippen LogP contribution in [0.4, 0.5) is 0 Å². The topological polar surface area (TPSA) is 54.8 Å². The molecule has 6 nitrogen and oxygen atoms in total. The number of rotatable bonds is 8. The minimum absolute atomic E-state index is 0.0403. The Hall–Kier alpha value is -3.12. The third kappa shape index (κ3) is 4.86. The third-order valence-electron chi connectivity index (χ3n) is 6.17. The van der Waals surface area contributed by atoms with Crippen molar-refractivity contribution in [2.75, 3.05) is 27.2 Å². The normalized spacial score (nSPS) is 17.6. The zero-order valence-electron chi connectivity index (χ0n) is 19.5. The Morgan fingerprint density at radius 1 is 1.28 bits per heavy atom. The first-order valence-electron chi connectivity index (χ1n) is 11.0. The molecule has 1 fully saturated rings. The fraction of sp³-hybridized carbons (Fsp3) is 0.385. The number of allylic oxidation sites excluding steroid dienone is 4. The zero-order chi connectivity index (χ0) is 23.3. The first-order chi connectivity index (χ1) is 15.4. The molecule has 1 aliphatic rings. The number of para-hydroxylation sites is 1. The molecule has 0 radical (unpaired) electrons. The van der Waals surface area contributed by atoms with E-state index in [9.17, 15) is 9.59 Å². The summed E-state index contributed by atoms with van der Waals surface area (Å²) in [5, 5.41) is 0.768. The molecule has 32 heavy (non-hydrogen) atoms. The number of Topliss-reactive ketones (excluding diaryl/α,β-unsaturated/α-hetero) is 1. The maximum Gasteiger partial charge on any atom is 0.295 e. The monoisotopic (exact) mass is 435 g/mol. The molecule has 3 rings (SSSR count). The van der Waals surface area contributed by atoms with Gasteiger partial charge in [-0.25, -0.2) is 0 Å². The number of carbonyl (C=O) groups is 2. The molecule has 1 amide bonds. The number of carbonyl (C=O) groups excluding carboxylic acids is 2. The van der Waals surface area contributed by atoms with Crippen LogP contribution in [0.3, 0.4) is 0 Å². The van der Waals surface area contributed by atoms with Crippen LogP contribution in [0.5, 0.6) is 0 Å². The molecule has 1 atom stereocenters. The van der Waals surface area contributed by atoms with Gasteiger partial charge in [0.15, 0.2) is 0 Å². The predicted molar refractivity (Wildman–Crippen MR) is 128 cm³/mol. The Kier molecular flexibility index (Phi) is 7.70. The number of hydrogen-bond acceptors (Lipinski definition) is 4. The third-order valence-corrected chi connectivity index (χ3v) is 6.17. The summed E-state index contributed by atoms with van der Waals surface area (Å²) in [6, 6.07) is 7.70. The predicted octanol–water partition coefficient (Wildman–Crippen LogP) is 4.08. The lowest BCUT2D eigenvalue weighted by Gasteiger charge is -2.35. The zero-order valence-corrected chi connectivity index (χ0v) is 19.5. The molecule has 1 saturated heterocycles. The molecule has 0 spiro atoms. The van der Waals surface area contributed by atoms with Crippen LogP contribution in [0.1, 0.15) is 35.8 Å². The minimum atomic E-state index is -0.486. The number of fused-ring (bicyclic) bond motifs is 1. The summed E-state index contributed by atoms with van der Waals surface area (Å²) in [4.78, 5) is 30.6. The smallest absolute Gasteiger partial charge is 0.295 e. The van der Waals surface area contributed by atoms with Crippen LogP contribution in [-0.2, 0) is 23.2 Å². The summed E-state index contributed by atoms with van der Waals surface area (Å²) in [7, 11) is 5.69. The number of piperidine rings is 1. The van der Waals surface area contributed by atoms with E-state index in [0.29, 0.717) is 17.0 Å². The van der Waals surface area contributed by atoms with Gasteiger partial charge < -0.3 is 19.1 Å². The van der Waals surface area contributed by atoms with Gasteiger partial charge in [0.25, 0.3) is 11.7 Å². The van der Waals surface area contributed by atoms with E-state index in [1.807, 2.05) is 62.0 Å². The molecule has 1 aromatic heterocycles. The van der Waals surface area contributed by atoms with Crippen molar-refractivity contribution < 1.29 is 14.3 Å². The summed E-state index contributed by atoms with van der Waals surface area (Å²) < 4.78 is 7.91. The Bertz CT molecular complexity index is 1060. The SMILES string of the molecule is C=C/C=C\C(=C/C)OCc1c(C(=O)C(=O)N(C)C2CCCN(C)C2)c2ccccc2n1C. The molecule has 0 saturated carbocycles. The van der Waals surface area contributed by atoms with Crippen molar-refractivity contribution in [3.8, 4) is 0 Å². The number of ketones is 1. The van der Waals surface area contributed by atoms with Crippen LogP contribution < -0.4 is 0 Å². The van der Waals surface area contributed by atoms with Gasteiger partial charge in [-0.15, -0.1) is 0 Å². The highest BCUT2D eigenvalue weighted by Crippen LogP contribution is 2.28. The van der Waals surface area contributed by atoms with Crippen LogP contribution in [-0.4, -0.2) is 59.3 Å². The molecule has 1 unspecified atom stereocenters. The van der Waals surface area contributed by atoms with Gasteiger partial charge >= 0.3 is 0 Å². The first-order valence-corrected chi connectivity index (χ1v) is 11.0. The molecule has 170 valence electrons. The summed E-state index contributed by atoms with van der Waals surface area (Å²) in [5.41, 5.74) is 2.00. The van der Waals surface area contributed by atoms with E-state index in [4.69, 9.17) is 4.74 Å². The van der Waals surface area contributed by atoms with Crippen molar-refractivity contribution in [2.24, 2.45) is 7.05 Å². The second-order valence-corrected chi connectivity index (χ2v) is 8.28. The van der Waals surface area contributed by atoms with E-state index in [1.165, 1.54) is 0 Å². The minimum Gasteiger partial charge on any atom is -0.488 e. The van der Waals surface area contributed by atoms with Gasteiger partial charge in [0.1, 0.15) is 12.4 Å². The second-order valence-electron chi connectivity index (χ2n) is 8.28. The highest BCUT2D eigenvalue weighted by Gasteiger charge is 2.32. The molecule has 2 aromatic rings. The number of amides is 1. The first kappa shape index (κ1) is 23.5. The Balaban J connectivity index is 1.94. The summed E-state index contributed by atoms with van der Waals surface area (Å²) in [6.07, 6.45) is 9.06. The molecule has 0 bridgehead atoms. The maximum atomic E-state index is 13.5. The Labute approximate surface area is 190 Å². The van der Waals surface area contributed by atoms with Crippen molar-refractivity contribution in [1.29, 1.82) is 0 Å². The highest BCUT2D eigenvalue weighted by molar-refractivity contribution is 6.45. The molecular weight excluding hydrogens is 402 g/mol. The van der Waals surface area contributed by atoms with Crippen LogP contribution >= 0.6 is 0 Å². The van der Waals surface area contributed by atoms with E-state index < -0.39 is 11.7 Å². The number of likely N-dealkylation sites (N-methyl/N-ethyl adjacent to an activating group) is 2. The van der Waals surface area contributed by atoms with Gasteiger partial charge in [-0.2, -0.15) is 0 Å². The number of hydrogen-bond donors (Lipinski definition) is 0. The average Bonchev–Trinajstić information content (AvgIpc) is 3.09. The lowest BCUT2D eigenvalue weighted by Crippen LogP contribution is -2.49. The maximum absolute atomic E-state index is 13.5. The number of aryl methyl sites for hydroxylation is 1. The average molecular weight is 436 g/mol. The molecule has 0 N–H and O–H groups in total. The lowest BCUT2D eigenvalue weighted by molar-refractivity contribution is -0.128. The van der Waals surface area contributed by atoms with Gasteiger partial charge in [-0.1, -0.05) is 36.9 Å². The van der Waals surface area contributed by atoms with Crippen LogP contribution in [0.2, 0.25) is 0 Å². The summed E-state index contributed by atoms with van der Waals surface area (Å²) >= 11 is 0. The summed E-state index contributed by atoms with van der Waals surface area (Å²) in [5.74, 6) is -0.289. The van der Waals surface area contributed by atoms with Crippen LogP contribution in [0.15, 0.2) is 60.9 Å². The highest BCUT2D eigenvalue weighted by atomic mass is 16.5. The quantitative estimate of drug-likeness (QED) is 0.271. The number of ether oxygens (including phenoxy) is 1. The van der Waals surface area contributed by atoms with Gasteiger partial charge in [0.05, 0.1) is 11.3 Å². The van der Waals surface area contributed by atoms with E-state index in [2.05, 4.69) is 11.5 Å². The molecule has 6 heteroatoms. The molecule has 0 aliphatic carbocycles. The van der Waals surface area contributed by atoms with E-state index >= 15 is 0 Å². The van der Waals surface area contributed by atoms with Crippen molar-refractivity contribution in [3.05, 3.63) is 72.2 Å². The van der Waals surface area contributed by atoms with E-state index in [0.717, 1.165) is 36.8 Å². The van der Waals surface area contributed by atoms with Gasteiger partial charge in [-0.3, -0.25) is 9.59 Å². The summed E-state index contributed by atoms with van der Waals surface area (Å²) in [6.45, 7) is 7.54. The van der Waals surface area contributed by atoms with E-state index in [-0.39, 0.29) is 12.6 Å². The fourth-order valence-electron chi connectivity index (χ4n) is 4.30. The number of benzene rings is 1. The van der Waals surface area contributed by atoms with Gasteiger partial charge in [0, 0.05) is 37.6 Å². The Morgan fingerprint density at radius 2 is 2.03 bits per heavy atom. The Morgan fingerprint density at radius 3 is 2.72 bits per heavy atom.